The van der Waals surface area contributed by atoms with Crippen LogP contribution in [0.2, 0.25) is 5.02 Å². The SMILES string of the molecule is CCOc1c(CC(N)=O)cc([C@@](O)(CNC(=O)c2cc(OC)c3ncc(Cl)cc3c2)C2CC2)nc1-c1ccc(C(F)(F)F)cc1. The Morgan fingerprint density at radius 3 is 2.44 bits per heavy atom. The van der Waals surface area contributed by atoms with E-state index in [0.717, 1.165) is 12.1 Å². The highest BCUT2D eigenvalue weighted by atomic mass is 35.5. The van der Waals surface area contributed by atoms with Gasteiger partial charge in [-0.1, -0.05) is 23.7 Å². The van der Waals surface area contributed by atoms with Crippen LogP contribution in [0.1, 0.15) is 46.9 Å². The van der Waals surface area contributed by atoms with E-state index < -0.39 is 29.2 Å². The molecule has 0 bridgehead atoms. The Hall–Kier alpha value is -4.42. The molecule has 2 aromatic carbocycles. The maximum Gasteiger partial charge on any atom is 0.416 e. The van der Waals surface area contributed by atoms with E-state index in [4.69, 9.17) is 26.8 Å². The maximum atomic E-state index is 13.4. The Kier molecular flexibility index (Phi) is 8.90. The number of primary amides is 1. The summed E-state index contributed by atoms with van der Waals surface area (Å²) in [6, 6.07) is 10.6. The molecule has 1 aliphatic carbocycles. The summed E-state index contributed by atoms with van der Waals surface area (Å²) in [5.74, 6) is -0.968. The zero-order valence-electron chi connectivity index (χ0n) is 24.4. The zero-order valence-corrected chi connectivity index (χ0v) is 25.1. The minimum Gasteiger partial charge on any atom is -0.494 e. The number of aliphatic hydroxyl groups is 1. The van der Waals surface area contributed by atoms with Crippen LogP contribution in [0.3, 0.4) is 0 Å². The van der Waals surface area contributed by atoms with Crippen LogP contribution in [0.15, 0.2) is 54.7 Å². The highest BCUT2D eigenvalue weighted by molar-refractivity contribution is 6.31. The summed E-state index contributed by atoms with van der Waals surface area (Å²) in [6.07, 6.45) is -2.09. The Labute approximate surface area is 261 Å². The average Bonchev–Trinajstić information content (AvgIpc) is 3.85. The van der Waals surface area contributed by atoms with Gasteiger partial charge in [-0.15, -0.1) is 0 Å². The van der Waals surface area contributed by atoms with Gasteiger partial charge in [0.2, 0.25) is 5.91 Å². The summed E-state index contributed by atoms with van der Waals surface area (Å²) in [4.78, 5) is 34.4. The largest absolute Gasteiger partial charge is 0.494 e. The van der Waals surface area contributed by atoms with E-state index in [9.17, 15) is 27.9 Å². The van der Waals surface area contributed by atoms with Gasteiger partial charge in [-0.3, -0.25) is 14.6 Å². The third-order valence-corrected chi connectivity index (χ3v) is 7.81. The van der Waals surface area contributed by atoms with E-state index in [-0.39, 0.29) is 53.8 Å². The Bertz CT molecular complexity index is 1760. The van der Waals surface area contributed by atoms with E-state index in [1.54, 1.807) is 19.1 Å². The third-order valence-electron chi connectivity index (χ3n) is 7.60. The molecule has 0 saturated heterocycles. The van der Waals surface area contributed by atoms with Gasteiger partial charge in [-0.2, -0.15) is 13.2 Å². The second-order valence-electron chi connectivity index (χ2n) is 10.8. The van der Waals surface area contributed by atoms with Gasteiger partial charge in [0.05, 0.1) is 43.0 Å². The maximum absolute atomic E-state index is 13.4. The minimum atomic E-state index is -4.55. The van der Waals surface area contributed by atoms with Gasteiger partial charge < -0.3 is 25.6 Å². The van der Waals surface area contributed by atoms with E-state index >= 15 is 0 Å². The van der Waals surface area contributed by atoms with E-state index in [1.807, 2.05) is 0 Å². The smallest absolute Gasteiger partial charge is 0.416 e. The lowest BCUT2D eigenvalue weighted by atomic mass is 9.90. The molecule has 236 valence electrons. The summed E-state index contributed by atoms with van der Waals surface area (Å²) >= 11 is 6.10. The number of pyridine rings is 2. The number of carbonyl (C=O) groups excluding carboxylic acids is 2. The number of halogens is 4. The zero-order chi connectivity index (χ0) is 32.5. The number of hydrogen-bond donors (Lipinski definition) is 3. The van der Waals surface area contributed by atoms with Crippen LogP contribution in [0, 0.1) is 5.92 Å². The number of alkyl halides is 3. The fraction of sp³-hybridized carbons (Fsp3) is 0.312. The first-order chi connectivity index (χ1) is 21.3. The third kappa shape index (κ3) is 6.81. The van der Waals surface area contributed by atoms with Gasteiger partial charge >= 0.3 is 6.18 Å². The number of fused-ring (bicyclic) bond motifs is 1. The quantitative estimate of drug-likeness (QED) is 0.198. The number of methoxy groups -OCH3 is 1. The number of nitrogens with one attached hydrogen (secondary N) is 1. The van der Waals surface area contributed by atoms with Crippen molar-refractivity contribution in [3.05, 3.63) is 82.1 Å². The molecule has 0 radical (unpaired) electrons. The van der Waals surface area contributed by atoms with Crippen molar-refractivity contribution in [3.8, 4) is 22.8 Å². The van der Waals surface area contributed by atoms with Crippen molar-refractivity contribution in [1.29, 1.82) is 0 Å². The molecule has 4 N–H and O–H groups in total. The first kappa shape index (κ1) is 32.0. The highest BCUT2D eigenvalue weighted by Crippen LogP contribution is 2.47. The van der Waals surface area contributed by atoms with E-state index in [2.05, 4.69) is 15.3 Å². The first-order valence-corrected chi connectivity index (χ1v) is 14.5. The number of aromatic nitrogens is 2. The van der Waals surface area contributed by atoms with Gasteiger partial charge in [0.1, 0.15) is 28.3 Å². The number of benzene rings is 2. The summed E-state index contributed by atoms with van der Waals surface area (Å²) in [5.41, 5.74) is 4.57. The van der Waals surface area contributed by atoms with Crippen LogP contribution in [-0.4, -0.2) is 47.2 Å². The molecular formula is C32H30ClF3N4O5. The van der Waals surface area contributed by atoms with Crippen LogP contribution in [0.5, 0.6) is 11.5 Å². The summed E-state index contributed by atoms with van der Waals surface area (Å²) in [6.45, 7) is 1.62. The van der Waals surface area contributed by atoms with Gasteiger partial charge in [0.25, 0.3) is 5.91 Å². The molecule has 5 rings (SSSR count). The molecule has 0 spiro atoms. The predicted octanol–water partition coefficient (Wildman–Crippen LogP) is 5.43. The molecule has 0 unspecified atom stereocenters. The topological polar surface area (TPSA) is 137 Å². The minimum absolute atomic E-state index is 0.118. The van der Waals surface area contributed by atoms with Gasteiger partial charge in [-0.05, 0) is 62.1 Å². The average molecular weight is 643 g/mol. The normalized spacial score (nSPS) is 14.6. The van der Waals surface area contributed by atoms with Crippen LogP contribution < -0.4 is 20.5 Å². The second-order valence-corrected chi connectivity index (χ2v) is 11.2. The molecule has 13 heteroatoms. The monoisotopic (exact) mass is 642 g/mol. The molecule has 1 atom stereocenters. The molecule has 1 saturated carbocycles. The first-order valence-electron chi connectivity index (χ1n) is 14.1. The predicted molar refractivity (Wildman–Crippen MR) is 161 cm³/mol. The molecular weight excluding hydrogens is 613 g/mol. The van der Waals surface area contributed by atoms with Crippen molar-refractivity contribution < 1.29 is 37.3 Å². The summed E-state index contributed by atoms with van der Waals surface area (Å²) in [7, 11) is 1.45. The lowest BCUT2D eigenvalue weighted by Crippen LogP contribution is -2.43. The molecule has 9 nitrogen and oxygen atoms in total. The van der Waals surface area contributed by atoms with Crippen molar-refractivity contribution in [2.45, 2.75) is 38.0 Å². The lowest BCUT2D eigenvalue weighted by molar-refractivity contribution is -0.137. The fourth-order valence-electron chi connectivity index (χ4n) is 5.24. The van der Waals surface area contributed by atoms with Crippen LogP contribution in [0.4, 0.5) is 13.2 Å². The molecule has 2 aromatic heterocycles. The van der Waals surface area contributed by atoms with Gasteiger partial charge in [0, 0.05) is 28.3 Å². The number of nitrogens with two attached hydrogens (primary N) is 1. The second kappa shape index (κ2) is 12.5. The van der Waals surface area contributed by atoms with Crippen molar-refractivity contribution in [3.63, 3.8) is 0 Å². The summed E-state index contributed by atoms with van der Waals surface area (Å²) in [5, 5.41) is 15.8. The number of hydrogen-bond acceptors (Lipinski definition) is 7. The van der Waals surface area contributed by atoms with Crippen LogP contribution in [-0.2, 0) is 23.0 Å². The number of rotatable bonds is 11. The number of amides is 2. The fourth-order valence-corrected chi connectivity index (χ4v) is 5.41. The van der Waals surface area contributed by atoms with Crippen molar-refractivity contribution in [1.82, 2.24) is 15.3 Å². The Morgan fingerprint density at radius 1 is 1.13 bits per heavy atom. The molecule has 2 amide bonds. The van der Waals surface area contributed by atoms with Gasteiger partial charge in [-0.25, -0.2) is 4.98 Å². The molecule has 1 aliphatic rings. The Morgan fingerprint density at radius 2 is 1.84 bits per heavy atom. The van der Waals surface area contributed by atoms with Crippen molar-refractivity contribution >= 4 is 34.3 Å². The number of nitrogens with zero attached hydrogens (tertiary/aromatic N) is 2. The Balaban J connectivity index is 1.54. The highest BCUT2D eigenvalue weighted by Gasteiger charge is 2.47. The van der Waals surface area contributed by atoms with Crippen LogP contribution in [0.25, 0.3) is 22.2 Å². The molecule has 0 aliphatic heterocycles. The number of ether oxygens (including phenoxy) is 2. The van der Waals surface area contributed by atoms with Crippen molar-refractivity contribution in [2.24, 2.45) is 11.7 Å². The molecule has 45 heavy (non-hydrogen) atoms. The number of carbonyl (C=O) groups is 2. The lowest BCUT2D eigenvalue weighted by Gasteiger charge is -2.30. The van der Waals surface area contributed by atoms with Crippen molar-refractivity contribution in [2.75, 3.05) is 20.3 Å². The van der Waals surface area contributed by atoms with E-state index in [0.29, 0.717) is 40.1 Å². The van der Waals surface area contributed by atoms with Crippen LogP contribution >= 0.6 is 11.6 Å². The molecule has 4 aromatic rings. The van der Waals surface area contributed by atoms with Gasteiger partial charge in [0.15, 0.2) is 0 Å². The summed E-state index contributed by atoms with van der Waals surface area (Å²) < 4.78 is 51.1. The molecule has 2 heterocycles. The molecule has 1 fully saturated rings. The standard InChI is InChI=1S/C32H30ClF3N4O5/c1-3-45-29-19(14-26(37)41)13-25(40-28(29)17-4-6-22(7-5-17)32(34,35)36)31(43,21-8-9-21)16-39-30(42)20-10-18-11-23(33)15-38-27(18)24(12-20)44-2/h4-7,10-13,15,21,43H,3,8-9,14,16H2,1-2H3,(H2,37,41)(H,39,42)/t31-/m1/s1. The van der Waals surface area contributed by atoms with E-state index in [1.165, 1.54) is 37.6 Å².